The van der Waals surface area contributed by atoms with Crippen LogP contribution in [0.3, 0.4) is 0 Å². The van der Waals surface area contributed by atoms with Crippen LogP contribution in [-0.4, -0.2) is 10.9 Å². The van der Waals surface area contributed by atoms with E-state index in [1.807, 2.05) is 0 Å². The van der Waals surface area contributed by atoms with Gasteiger partial charge in [0.2, 0.25) is 0 Å². The molecule has 114 valence electrons. The Bertz CT molecular complexity index is 926. The first kappa shape index (κ1) is 14.7. The van der Waals surface area contributed by atoms with Crippen LogP contribution < -0.4 is 5.63 Å². The van der Waals surface area contributed by atoms with Gasteiger partial charge in [-0.15, -0.1) is 0 Å². The number of para-hydroxylation sites is 1. The quantitative estimate of drug-likeness (QED) is 0.753. The number of benzene rings is 2. The SMILES string of the molecule is O=C(c1coc(=O)c(-c2ccc(F)cc2)c1)c1ccccc1O. The molecule has 0 amide bonds. The molecule has 1 N–H and O–H groups in total. The maximum atomic E-state index is 13.0. The maximum Gasteiger partial charge on any atom is 0.343 e. The number of phenols is 1. The second-order valence-electron chi connectivity index (χ2n) is 4.89. The maximum absolute atomic E-state index is 13.0. The molecule has 0 fully saturated rings. The molecule has 0 atom stereocenters. The minimum absolute atomic E-state index is 0.103. The third-order valence-corrected chi connectivity index (χ3v) is 3.38. The van der Waals surface area contributed by atoms with Gasteiger partial charge in [0.1, 0.15) is 17.8 Å². The summed E-state index contributed by atoms with van der Waals surface area (Å²) in [5.74, 6) is -1.07. The summed E-state index contributed by atoms with van der Waals surface area (Å²) in [6, 6.07) is 12.7. The van der Waals surface area contributed by atoms with Gasteiger partial charge < -0.3 is 9.52 Å². The number of hydrogen-bond acceptors (Lipinski definition) is 4. The molecular weight excluding hydrogens is 299 g/mol. The van der Waals surface area contributed by atoms with E-state index < -0.39 is 17.2 Å². The van der Waals surface area contributed by atoms with E-state index >= 15 is 0 Å². The van der Waals surface area contributed by atoms with Gasteiger partial charge in [0, 0.05) is 0 Å². The lowest BCUT2D eigenvalue weighted by Crippen LogP contribution is -2.08. The Labute approximate surface area is 130 Å². The number of carbonyl (C=O) groups is 1. The largest absolute Gasteiger partial charge is 0.507 e. The van der Waals surface area contributed by atoms with Crippen molar-refractivity contribution < 1.29 is 18.7 Å². The number of ketones is 1. The van der Waals surface area contributed by atoms with Crippen molar-refractivity contribution in [2.75, 3.05) is 0 Å². The summed E-state index contributed by atoms with van der Waals surface area (Å²) in [7, 11) is 0. The van der Waals surface area contributed by atoms with Crippen LogP contribution in [0.1, 0.15) is 15.9 Å². The second-order valence-corrected chi connectivity index (χ2v) is 4.89. The van der Waals surface area contributed by atoms with Gasteiger partial charge in [0.25, 0.3) is 0 Å². The molecule has 0 bridgehead atoms. The summed E-state index contributed by atoms with van der Waals surface area (Å²) in [5, 5.41) is 9.76. The number of halogens is 1. The van der Waals surface area contributed by atoms with Crippen molar-refractivity contribution >= 4 is 5.78 Å². The van der Waals surface area contributed by atoms with Crippen LogP contribution in [0.2, 0.25) is 0 Å². The van der Waals surface area contributed by atoms with Gasteiger partial charge >= 0.3 is 5.63 Å². The lowest BCUT2D eigenvalue weighted by molar-refractivity contribution is 0.103. The van der Waals surface area contributed by atoms with Crippen LogP contribution in [0.5, 0.6) is 5.75 Å². The fourth-order valence-electron chi connectivity index (χ4n) is 2.20. The monoisotopic (exact) mass is 310 g/mol. The lowest BCUT2D eigenvalue weighted by atomic mass is 10.0. The Morgan fingerprint density at radius 1 is 1.04 bits per heavy atom. The van der Waals surface area contributed by atoms with Crippen molar-refractivity contribution in [3.63, 3.8) is 0 Å². The van der Waals surface area contributed by atoms with Crippen molar-refractivity contribution in [1.82, 2.24) is 0 Å². The van der Waals surface area contributed by atoms with Crippen LogP contribution >= 0.6 is 0 Å². The van der Waals surface area contributed by atoms with E-state index in [4.69, 9.17) is 4.42 Å². The van der Waals surface area contributed by atoms with Crippen molar-refractivity contribution in [3.8, 4) is 16.9 Å². The Morgan fingerprint density at radius 2 is 1.74 bits per heavy atom. The van der Waals surface area contributed by atoms with E-state index in [2.05, 4.69) is 0 Å². The van der Waals surface area contributed by atoms with Crippen molar-refractivity contribution in [2.24, 2.45) is 0 Å². The zero-order chi connectivity index (χ0) is 16.4. The summed E-state index contributed by atoms with van der Waals surface area (Å²) in [6.07, 6.45) is 1.05. The van der Waals surface area contributed by atoms with Gasteiger partial charge in [-0.3, -0.25) is 4.79 Å². The zero-order valence-corrected chi connectivity index (χ0v) is 11.8. The second kappa shape index (κ2) is 5.88. The lowest BCUT2D eigenvalue weighted by Gasteiger charge is -2.05. The first-order valence-electron chi connectivity index (χ1n) is 6.78. The van der Waals surface area contributed by atoms with E-state index in [0.717, 1.165) is 6.26 Å². The highest BCUT2D eigenvalue weighted by atomic mass is 19.1. The Balaban J connectivity index is 2.07. The minimum Gasteiger partial charge on any atom is -0.507 e. The third kappa shape index (κ3) is 2.89. The molecule has 1 aromatic heterocycles. The van der Waals surface area contributed by atoms with E-state index in [1.54, 1.807) is 12.1 Å². The topological polar surface area (TPSA) is 67.5 Å². The summed E-state index contributed by atoms with van der Waals surface area (Å²) >= 11 is 0. The molecule has 0 unspecified atom stereocenters. The normalized spacial score (nSPS) is 10.5. The van der Waals surface area contributed by atoms with Crippen molar-refractivity contribution in [2.45, 2.75) is 0 Å². The smallest absolute Gasteiger partial charge is 0.343 e. The molecular formula is C18H11FO4. The van der Waals surface area contributed by atoms with Crippen LogP contribution in [0.15, 0.2) is 70.1 Å². The van der Waals surface area contributed by atoms with E-state index in [1.165, 1.54) is 42.5 Å². The number of phenolic OH excluding ortho intramolecular Hbond substituents is 1. The van der Waals surface area contributed by atoms with E-state index in [-0.39, 0.29) is 22.4 Å². The van der Waals surface area contributed by atoms with Gasteiger partial charge in [-0.05, 0) is 35.9 Å². The Hall–Kier alpha value is -3.21. The van der Waals surface area contributed by atoms with E-state index in [0.29, 0.717) is 5.56 Å². The van der Waals surface area contributed by atoms with Crippen LogP contribution in [0.25, 0.3) is 11.1 Å². The summed E-state index contributed by atoms with van der Waals surface area (Å²) in [5.41, 5.74) is 0.167. The molecule has 1 heterocycles. The molecule has 5 heteroatoms. The number of rotatable bonds is 3. The molecule has 0 saturated heterocycles. The van der Waals surface area contributed by atoms with Gasteiger partial charge in [-0.25, -0.2) is 9.18 Å². The Morgan fingerprint density at radius 3 is 2.43 bits per heavy atom. The molecule has 0 aliphatic carbocycles. The highest BCUT2D eigenvalue weighted by Crippen LogP contribution is 2.22. The molecule has 4 nitrogen and oxygen atoms in total. The molecule has 3 rings (SSSR count). The summed E-state index contributed by atoms with van der Waals surface area (Å²) < 4.78 is 17.9. The van der Waals surface area contributed by atoms with Gasteiger partial charge in [-0.2, -0.15) is 0 Å². The fraction of sp³-hybridized carbons (Fsp3) is 0. The summed E-state index contributed by atoms with van der Waals surface area (Å²) in [4.78, 5) is 24.3. The predicted octanol–water partition coefficient (Wildman–Crippen LogP) is 3.38. The predicted molar refractivity (Wildman–Crippen MR) is 81.9 cm³/mol. The fourth-order valence-corrected chi connectivity index (χ4v) is 2.20. The van der Waals surface area contributed by atoms with Crippen molar-refractivity contribution in [3.05, 3.63) is 88.2 Å². The molecule has 0 spiro atoms. The zero-order valence-electron chi connectivity index (χ0n) is 11.8. The van der Waals surface area contributed by atoms with Crippen LogP contribution in [-0.2, 0) is 0 Å². The number of hydrogen-bond donors (Lipinski definition) is 1. The third-order valence-electron chi connectivity index (χ3n) is 3.38. The molecule has 3 aromatic rings. The molecule has 0 aliphatic heterocycles. The average Bonchev–Trinajstić information content (AvgIpc) is 2.56. The molecule has 0 aliphatic rings. The Kier molecular flexibility index (Phi) is 3.76. The van der Waals surface area contributed by atoms with E-state index in [9.17, 15) is 19.1 Å². The van der Waals surface area contributed by atoms with Crippen LogP contribution in [0.4, 0.5) is 4.39 Å². The van der Waals surface area contributed by atoms with Gasteiger partial charge in [-0.1, -0.05) is 24.3 Å². The minimum atomic E-state index is -0.634. The van der Waals surface area contributed by atoms with Gasteiger partial charge in [0.05, 0.1) is 16.7 Å². The number of aromatic hydroxyl groups is 1. The molecule has 0 radical (unpaired) electrons. The first-order valence-corrected chi connectivity index (χ1v) is 6.78. The standard InChI is InChI=1S/C18H11FO4/c19-13-7-5-11(6-8-13)15-9-12(10-23-18(15)22)17(21)14-3-1-2-4-16(14)20/h1-10,20H. The first-order chi connectivity index (χ1) is 11.1. The average molecular weight is 310 g/mol. The van der Waals surface area contributed by atoms with Crippen LogP contribution in [0, 0.1) is 5.82 Å². The highest BCUT2D eigenvalue weighted by molar-refractivity contribution is 6.10. The molecule has 23 heavy (non-hydrogen) atoms. The number of carbonyl (C=O) groups excluding carboxylic acids is 1. The summed E-state index contributed by atoms with van der Waals surface area (Å²) in [6.45, 7) is 0. The molecule has 0 saturated carbocycles. The highest BCUT2D eigenvalue weighted by Gasteiger charge is 2.16. The van der Waals surface area contributed by atoms with Crippen molar-refractivity contribution in [1.29, 1.82) is 0 Å². The van der Waals surface area contributed by atoms with Gasteiger partial charge in [0.15, 0.2) is 5.78 Å². The molecule has 2 aromatic carbocycles.